The van der Waals surface area contributed by atoms with E-state index >= 15 is 0 Å². The van der Waals surface area contributed by atoms with Crippen LogP contribution < -0.4 is 5.32 Å². The predicted molar refractivity (Wildman–Crippen MR) is 89.2 cm³/mol. The summed E-state index contributed by atoms with van der Waals surface area (Å²) in [7, 11) is 0. The number of hydrogen-bond acceptors (Lipinski definition) is 1. The van der Waals surface area contributed by atoms with Crippen LogP contribution in [-0.4, -0.2) is 17.8 Å². The lowest BCUT2D eigenvalue weighted by Crippen LogP contribution is -2.35. The van der Waals surface area contributed by atoms with Gasteiger partial charge in [0.15, 0.2) is 0 Å². The Morgan fingerprint density at radius 2 is 1.90 bits per heavy atom. The molecule has 3 unspecified atom stereocenters. The van der Waals surface area contributed by atoms with Crippen molar-refractivity contribution >= 4 is 21.8 Å². The van der Waals surface area contributed by atoms with Gasteiger partial charge in [-0.05, 0) is 23.8 Å². The summed E-state index contributed by atoms with van der Waals surface area (Å²) < 4.78 is 0. The van der Waals surface area contributed by atoms with E-state index < -0.39 is 0 Å². The molecule has 1 amide bonds. The van der Waals surface area contributed by atoms with Gasteiger partial charge in [0.1, 0.15) is 0 Å². The molecule has 3 atom stereocenters. The van der Waals surface area contributed by atoms with Gasteiger partial charge in [-0.1, -0.05) is 73.5 Å². The molecule has 0 saturated carbocycles. The van der Waals surface area contributed by atoms with E-state index in [9.17, 15) is 4.79 Å². The van der Waals surface area contributed by atoms with Crippen LogP contribution in [0.2, 0.25) is 0 Å². The van der Waals surface area contributed by atoms with Crippen molar-refractivity contribution < 1.29 is 4.79 Å². The minimum Gasteiger partial charge on any atom is -0.355 e. The third kappa shape index (κ3) is 5.28. The molecule has 1 rings (SSSR count). The van der Waals surface area contributed by atoms with Crippen molar-refractivity contribution in [3.05, 3.63) is 35.9 Å². The minimum absolute atomic E-state index is 0.0441. The van der Waals surface area contributed by atoms with Crippen LogP contribution >= 0.6 is 15.9 Å². The normalized spacial score (nSPS) is 15.4. The number of amides is 1. The molecule has 20 heavy (non-hydrogen) atoms. The van der Waals surface area contributed by atoms with Gasteiger partial charge in [0.2, 0.25) is 5.91 Å². The summed E-state index contributed by atoms with van der Waals surface area (Å²) in [6.45, 7) is 7.22. The fourth-order valence-corrected chi connectivity index (χ4v) is 3.09. The van der Waals surface area contributed by atoms with E-state index in [0.717, 1.165) is 30.3 Å². The lowest BCUT2D eigenvalue weighted by molar-refractivity contribution is -0.123. The number of rotatable bonds is 8. The van der Waals surface area contributed by atoms with Crippen LogP contribution in [0.3, 0.4) is 0 Å². The van der Waals surface area contributed by atoms with E-state index in [4.69, 9.17) is 0 Å². The lowest BCUT2D eigenvalue weighted by atomic mass is 9.85. The Hall–Kier alpha value is -0.830. The smallest absolute Gasteiger partial charge is 0.227 e. The largest absolute Gasteiger partial charge is 0.355 e. The summed E-state index contributed by atoms with van der Waals surface area (Å²) in [6.07, 6.45) is 2.09. The molecule has 2 nitrogen and oxygen atoms in total. The van der Waals surface area contributed by atoms with Crippen molar-refractivity contribution in [2.24, 2.45) is 11.8 Å². The van der Waals surface area contributed by atoms with Crippen LogP contribution in [0.5, 0.6) is 0 Å². The fraction of sp³-hybridized carbons (Fsp3) is 0.588. The average molecular weight is 340 g/mol. The van der Waals surface area contributed by atoms with Crippen LogP contribution in [-0.2, 0) is 4.79 Å². The molecule has 0 saturated heterocycles. The first kappa shape index (κ1) is 17.2. The number of alkyl halides is 1. The first-order chi connectivity index (χ1) is 9.60. The first-order valence-corrected chi connectivity index (χ1v) is 8.60. The molecule has 0 bridgehead atoms. The van der Waals surface area contributed by atoms with Crippen LogP contribution in [0.15, 0.2) is 30.3 Å². The molecule has 0 radical (unpaired) electrons. The summed E-state index contributed by atoms with van der Waals surface area (Å²) in [5.41, 5.74) is 1.12. The van der Waals surface area contributed by atoms with E-state index in [1.807, 2.05) is 18.2 Å². The van der Waals surface area contributed by atoms with Gasteiger partial charge < -0.3 is 5.32 Å². The summed E-state index contributed by atoms with van der Waals surface area (Å²) >= 11 is 3.44. The molecule has 0 aliphatic rings. The van der Waals surface area contributed by atoms with Gasteiger partial charge in [-0.15, -0.1) is 0 Å². The second-order valence-electron chi connectivity index (χ2n) is 5.60. The monoisotopic (exact) mass is 339 g/mol. The SMILES string of the molecule is CCC(C)C(C(=O)NCC(C)CCBr)c1ccccc1. The van der Waals surface area contributed by atoms with E-state index in [1.165, 1.54) is 0 Å². The molecular weight excluding hydrogens is 314 g/mol. The van der Waals surface area contributed by atoms with Crippen molar-refractivity contribution in [2.75, 3.05) is 11.9 Å². The van der Waals surface area contributed by atoms with E-state index in [0.29, 0.717) is 11.8 Å². The highest BCUT2D eigenvalue weighted by molar-refractivity contribution is 9.09. The topological polar surface area (TPSA) is 29.1 Å². The Morgan fingerprint density at radius 1 is 1.25 bits per heavy atom. The molecule has 0 fully saturated rings. The zero-order chi connectivity index (χ0) is 15.0. The maximum absolute atomic E-state index is 12.5. The Kier molecular flexibility index (Phi) is 7.90. The zero-order valence-electron chi connectivity index (χ0n) is 12.7. The molecule has 0 spiro atoms. The Labute approximate surface area is 131 Å². The highest BCUT2D eigenvalue weighted by Crippen LogP contribution is 2.27. The fourth-order valence-electron chi connectivity index (χ4n) is 2.31. The molecule has 1 N–H and O–H groups in total. The van der Waals surface area contributed by atoms with Crippen molar-refractivity contribution in [1.82, 2.24) is 5.32 Å². The van der Waals surface area contributed by atoms with Crippen molar-refractivity contribution in [1.29, 1.82) is 0 Å². The highest BCUT2D eigenvalue weighted by Gasteiger charge is 2.25. The van der Waals surface area contributed by atoms with Crippen LogP contribution in [0, 0.1) is 11.8 Å². The van der Waals surface area contributed by atoms with Crippen LogP contribution in [0.4, 0.5) is 0 Å². The molecule has 112 valence electrons. The van der Waals surface area contributed by atoms with Crippen LogP contribution in [0.1, 0.15) is 45.1 Å². The summed E-state index contributed by atoms with van der Waals surface area (Å²) in [5, 5.41) is 4.10. The summed E-state index contributed by atoms with van der Waals surface area (Å²) in [4.78, 5) is 12.5. The zero-order valence-corrected chi connectivity index (χ0v) is 14.3. The second-order valence-corrected chi connectivity index (χ2v) is 6.39. The third-order valence-electron chi connectivity index (χ3n) is 3.88. The number of carbonyl (C=O) groups excluding carboxylic acids is 1. The molecular formula is C17H26BrNO. The second kappa shape index (κ2) is 9.17. The van der Waals surface area contributed by atoms with Gasteiger partial charge in [-0.25, -0.2) is 0 Å². The standard InChI is InChI=1S/C17H26BrNO/c1-4-14(3)16(15-8-6-5-7-9-15)17(20)19-12-13(2)10-11-18/h5-9,13-14,16H,4,10-12H2,1-3H3,(H,19,20). The van der Waals surface area contributed by atoms with Gasteiger partial charge in [-0.2, -0.15) is 0 Å². The number of benzene rings is 1. The lowest BCUT2D eigenvalue weighted by Gasteiger charge is -2.23. The molecule has 0 aliphatic heterocycles. The molecule has 1 aromatic rings. The van der Waals surface area contributed by atoms with E-state index in [-0.39, 0.29) is 11.8 Å². The number of hydrogen-bond donors (Lipinski definition) is 1. The number of halogens is 1. The quantitative estimate of drug-likeness (QED) is 0.700. The molecule has 3 heteroatoms. The maximum atomic E-state index is 12.5. The van der Waals surface area contributed by atoms with E-state index in [1.54, 1.807) is 0 Å². The van der Waals surface area contributed by atoms with Gasteiger partial charge in [0.25, 0.3) is 0 Å². The minimum atomic E-state index is -0.0441. The van der Waals surface area contributed by atoms with Crippen molar-refractivity contribution in [2.45, 2.75) is 39.5 Å². The molecule has 0 heterocycles. The molecule has 1 aromatic carbocycles. The van der Waals surface area contributed by atoms with Gasteiger partial charge in [-0.3, -0.25) is 4.79 Å². The first-order valence-electron chi connectivity index (χ1n) is 7.48. The molecule has 0 aromatic heterocycles. The Bertz CT molecular complexity index is 393. The molecule has 0 aliphatic carbocycles. The maximum Gasteiger partial charge on any atom is 0.227 e. The van der Waals surface area contributed by atoms with Gasteiger partial charge >= 0.3 is 0 Å². The van der Waals surface area contributed by atoms with Gasteiger partial charge in [0.05, 0.1) is 5.92 Å². The Morgan fingerprint density at radius 3 is 2.45 bits per heavy atom. The average Bonchev–Trinajstić information content (AvgIpc) is 2.46. The van der Waals surface area contributed by atoms with Crippen LogP contribution in [0.25, 0.3) is 0 Å². The summed E-state index contributed by atoms with van der Waals surface area (Å²) in [5.74, 6) is 0.972. The number of nitrogens with one attached hydrogen (secondary N) is 1. The van der Waals surface area contributed by atoms with E-state index in [2.05, 4.69) is 54.2 Å². The Balaban J connectivity index is 2.71. The highest BCUT2D eigenvalue weighted by atomic mass is 79.9. The van der Waals surface area contributed by atoms with Crippen molar-refractivity contribution in [3.8, 4) is 0 Å². The number of carbonyl (C=O) groups is 1. The van der Waals surface area contributed by atoms with Crippen molar-refractivity contribution in [3.63, 3.8) is 0 Å². The summed E-state index contributed by atoms with van der Waals surface area (Å²) in [6, 6.07) is 10.1. The predicted octanol–water partition coefficient (Wildman–Crippen LogP) is 4.35. The van der Waals surface area contributed by atoms with Gasteiger partial charge in [0, 0.05) is 11.9 Å². The third-order valence-corrected chi connectivity index (χ3v) is 4.34.